The number of rotatable bonds is 5. The number of hydrogen-bond acceptors (Lipinski definition) is 3. The van der Waals surface area contributed by atoms with Crippen LogP contribution in [0.1, 0.15) is 58.9 Å². The summed E-state index contributed by atoms with van der Waals surface area (Å²) in [4.78, 5) is 16.7. The Morgan fingerprint density at radius 3 is 2.76 bits per heavy atom. The van der Waals surface area contributed by atoms with E-state index in [0.717, 1.165) is 30.6 Å². The van der Waals surface area contributed by atoms with Gasteiger partial charge in [0.25, 0.3) is 0 Å². The Labute approximate surface area is 128 Å². The van der Waals surface area contributed by atoms with E-state index in [-0.39, 0.29) is 11.3 Å². The lowest BCUT2D eigenvalue weighted by Gasteiger charge is -2.37. The van der Waals surface area contributed by atoms with Gasteiger partial charge in [0.2, 0.25) is 0 Å². The van der Waals surface area contributed by atoms with E-state index in [1.807, 2.05) is 12.3 Å². The molecule has 1 aliphatic carbocycles. The minimum atomic E-state index is -0.185. The highest BCUT2D eigenvalue weighted by molar-refractivity contribution is 5.83. The fourth-order valence-corrected chi connectivity index (χ4v) is 3.23. The third kappa shape index (κ3) is 3.63. The van der Waals surface area contributed by atoms with Crippen LogP contribution < -0.4 is 4.74 Å². The van der Waals surface area contributed by atoms with Crippen molar-refractivity contribution < 1.29 is 9.53 Å². The predicted octanol–water partition coefficient (Wildman–Crippen LogP) is 4.15. The molecular weight excluding hydrogens is 262 g/mol. The second kappa shape index (κ2) is 6.59. The fraction of sp³-hybridized carbons (Fsp3) is 0.667. The fourth-order valence-electron chi connectivity index (χ4n) is 3.23. The standard InChI is InChI=1S/C18H27NO2/c1-5-8-21-15-10-14(11-19-12-15)18(3,4)16-7-6-13(2)9-17(16)20/h10-13,16H,5-9H2,1-4H3. The van der Waals surface area contributed by atoms with Gasteiger partial charge in [0, 0.05) is 24.0 Å². The van der Waals surface area contributed by atoms with Gasteiger partial charge in [0.1, 0.15) is 11.5 Å². The van der Waals surface area contributed by atoms with Crippen LogP contribution in [-0.2, 0) is 10.2 Å². The van der Waals surface area contributed by atoms with Gasteiger partial charge in [0.05, 0.1) is 12.8 Å². The molecule has 21 heavy (non-hydrogen) atoms. The molecule has 1 saturated carbocycles. The number of ketones is 1. The Morgan fingerprint density at radius 2 is 2.10 bits per heavy atom. The van der Waals surface area contributed by atoms with Gasteiger partial charge in [0.15, 0.2) is 0 Å². The van der Waals surface area contributed by atoms with Crippen molar-refractivity contribution in [3.8, 4) is 5.75 Å². The molecule has 2 atom stereocenters. The number of Topliss-reactive ketones (excluding diaryl/α,β-unsaturated/α-hetero) is 1. The lowest BCUT2D eigenvalue weighted by atomic mass is 9.65. The third-order valence-electron chi connectivity index (χ3n) is 4.69. The van der Waals surface area contributed by atoms with Gasteiger partial charge in [-0.3, -0.25) is 9.78 Å². The zero-order valence-electron chi connectivity index (χ0n) is 13.7. The topological polar surface area (TPSA) is 39.2 Å². The Morgan fingerprint density at radius 1 is 1.33 bits per heavy atom. The van der Waals surface area contributed by atoms with Gasteiger partial charge in [-0.25, -0.2) is 0 Å². The minimum Gasteiger partial charge on any atom is -0.492 e. The summed E-state index contributed by atoms with van der Waals surface area (Å²) < 4.78 is 5.67. The second-order valence-corrected chi connectivity index (χ2v) is 6.89. The first-order valence-electron chi connectivity index (χ1n) is 8.06. The van der Waals surface area contributed by atoms with E-state index in [2.05, 4.69) is 32.7 Å². The minimum absolute atomic E-state index is 0.0944. The third-order valence-corrected chi connectivity index (χ3v) is 4.69. The molecule has 0 saturated heterocycles. The normalized spacial score (nSPS) is 23.1. The van der Waals surface area contributed by atoms with Crippen molar-refractivity contribution in [2.24, 2.45) is 11.8 Å². The number of aromatic nitrogens is 1. The van der Waals surface area contributed by atoms with E-state index in [1.54, 1.807) is 6.20 Å². The average molecular weight is 289 g/mol. The second-order valence-electron chi connectivity index (χ2n) is 6.89. The number of carbonyl (C=O) groups excluding carboxylic acids is 1. The molecule has 1 aromatic heterocycles. The van der Waals surface area contributed by atoms with Crippen LogP contribution in [0.2, 0.25) is 0 Å². The van der Waals surface area contributed by atoms with Crippen molar-refractivity contribution in [2.75, 3.05) is 6.61 Å². The maximum Gasteiger partial charge on any atom is 0.137 e. The average Bonchev–Trinajstić information content (AvgIpc) is 2.45. The van der Waals surface area contributed by atoms with E-state index in [1.165, 1.54) is 0 Å². The highest BCUT2D eigenvalue weighted by atomic mass is 16.5. The van der Waals surface area contributed by atoms with Gasteiger partial charge < -0.3 is 4.74 Å². The smallest absolute Gasteiger partial charge is 0.137 e. The van der Waals surface area contributed by atoms with Crippen LogP contribution >= 0.6 is 0 Å². The highest BCUT2D eigenvalue weighted by Gasteiger charge is 2.39. The lowest BCUT2D eigenvalue weighted by Crippen LogP contribution is -2.38. The molecule has 0 radical (unpaired) electrons. The van der Waals surface area contributed by atoms with Crippen molar-refractivity contribution >= 4 is 5.78 Å². The molecule has 116 valence electrons. The van der Waals surface area contributed by atoms with Crippen LogP contribution in [0.3, 0.4) is 0 Å². The first-order valence-corrected chi connectivity index (χ1v) is 8.06. The molecule has 2 unspecified atom stereocenters. The summed E-state index contributed by atoms with van der Waals surface area (Å²) in [7, 11) is 0. The van der Waals surface area contributed by atoms with Crippen LogP contribution in [0, 0.1) is 11.8 Å². The molecule has 1 aliphatic rings. The molecular formula is C18H27NO2. The van der Waals surface area contributed by atoms with E-state index in [9.17, 15) is 4.79 Å². The molecule has 1 heterocycles. The molecule has 2 rings (SSSR count). The number of carbonyl (C=O) groups is 1. The summed E-state index contributed by atoms with van der Waals surface area (Å²) in [5, 5.41) is 0. The quantitative estimate of drug-likeness (QED) is 0.817. The maximum absolute atomic E-state index is 12.4. The van der Waals surface area contributed by atoms with Gasteiger partial charge in [-0.15, -0.1) is 0 Å². The van der Waals surface area contributed by atoms with Crippen molar-refractivity contribution in [1.29, 1.82) is 0 Å². The summed E-state index contributed by atoms with van der Waals surface area (Å²) in [6.07, 6.45) is 7.44. The van der Waals surface area contributed by atoms with Crippen LogP contribution in [0.5, 0.6) is 5.75 Å². The molecule has 1 fully saturated rings. The number of nitrogens with zero attached hydrogens (tertiary/aromatic N) is 1. The van der Waals surface area contributed by atoms with Crippen LogP contribution in [0.25, 0.3) is 0 Å². The number of pyridine rings is 1. The Balaban J connectivity index is 2.20. The Kier molecular flexibility index (Phi) is 5.02. The largest absolute Gasteiger partial charge is 0.492 e. The summed E-state index contributed by atoms with van der Waals surface area (Å²) in [6, 6.07) is 2.05. The summed E-state index contributed by atoms with van der Waals surface area (Å²) in [5.41, 5.74) is 0.916. The van der Waals surface area contributed by atoms with Crippen molar-refractivity contribution in [3.63, 3.8) is 0 Å². The molecule has 0 bridgehead atoms. The van der Waals surface area contributed by atoms with Crippen molar-refractivity contribution in [2.45, 2.75) is 58.8 Å². The van der Waals surface area contributed by atoms with Crippen LogP contribution in [0.15, 0.2) is 18.5 Å². The molecule has 0 N–H and O–H groups in total. The van der Waals surface area contributed by atoms with Gasteiger partial charge >= 0.3 is 0 Å². The Hall–Kier alpha value is -1.38. The maximum atomic E-state index is 12.4. The SMILES string of the molecule is CCCOc1cncc(C(C)(C)C2CCC(C)CC2=O)c1. The summed E-state index contributed by atoms with van der Waals surface area (Å²) in [5.74, 6) is 1.83. The summed E-state index contributed by atoms with van der Waals surface area (Å²) in [6.45, 7) is 9.27. The summed E-state index contributed by atoms with van der Waals surface area (Å²) >= 11 is 0. The predicted molar refractivity (Wildman–Crippen MR) is 84.6 cm³/mol. The molecule has 0 spiro atoms. The molecule has 0 amide bonds. The molecule has 3 nitrogen and oxygen atoms in total. The first kappa shape index (κ1) is 16.0. The van der Waals surface area contributed by atoms with Gasteiger partial charge in [-0.2, -0.15) is 0 Å². The Bertz CT molecular complexity index is 496. The number of hydrogen-bond donors (Lipinski definition) is 0. The monoisotopic (exact) mass is 289 g/mol. The molecule has 1 aromatic rings. The van der Waals surface area contributed by atoms with Crippen LogP contribution in [-0.4, -0.2) is 17.4 Å². The van der Waals surface area contributed by atoms with Crippen LogP contribution in [0.4, 0.5) is 0 Å². The van der Waals surface area contributed by atoms with E-state index >= 15 is 0 Å². The molecule has 3 heteroatoms. The van der Waals surface area contributed by atoms with E-state index < -0.39 is 0 Å². The zero-order chi connectivity index (χ0) is 15.5. The van der Waals surface area contributed by atoms with Gasteiger partial charge in [-0.1, -0.05) is 27.7 Å². The van der Waals surface area contributed by atoms with Crippen molar-refractivity contribution in [1.82, 2.24) is 4.98 Å². The highest BCUT2D eigenvalue weighted by Crippen LogP contribution is 2.40. The molecule has 0 aliphatic heterocycles. The zero-order valence-corrected chi connectivity index (χ0v) is 13.7. The van der Waals surface area contributed by atoms with E-state index in [4.69, 9.17) is 4.74 Å². The number of ether oxygens (including phenoxy) is 1. The van der Waals surface area contributed by atoms with Gasteiger partial charge in [-0.05, 0) is 36.8 Å². The molecule has 0 aromatic carbocycles. The van der Waals surface area contributed by atoms with Crippen molar-refractivity contribution in [3.05, 3.63) is 24.0 Å². The first-order chi connectivity index (χ1) is 9.95. The lowest BCUT2D eigenvalue weighted by molar-refractivity contribution is -0.128. The van der Waals surface area contributed by atoms with E-state index in [0.29, 0.717) is 24.7 Å².